The monoisotopic (exact) mass is 398 g/mol. The van der Waals surface area contributed by atoms with E-state index in [1.54, 1.807) is 23.1 Å². The lowest BCUT2D eigenvalue weighted by molar-refractivity contribution is -0.883. The van der Waals surface area contributed by atoms with Gasteiger partial charge in [0.05, 0.1) is 39.8 Å². The van der Waals surface area contributed by atoms with E-state index in [4.69, 9.17) is 17.0 Å². The van der Waals surface area contributed by atoms with Gasteiger partial charge in [-0.2, -0.15) is 0 Å². The van der Waals surface area contributed by atoms with Crippen LogP contribution in [0.4, 0.5) is 4.39 Å². The molecule has 0 unspecified atom stereocenters. The molecule has 1 aliphatic heterocycles. The van der Waals surface area contributed by atoms with Gasteiger partial charge in [0.1, 0.15) is 11.6 Å². The Morgan fingerprint density at radius 2 is 1.82 bits per heavy atom. The minimum Gasteiger partial charge on any atom is -0.489 e. The van der Waals surface area contributed by atoms with Crippen molar-refractivity contribution in [2.75, 3.05) is 39.8 Å². The number of halogens is 1. The fourth-order valence-corrected chi connectivity index (χ4v) is 4.03. The highest BCUT2D eigenvalue weighted by Crippen LogP contribution is 2.24. The molecule has 1 aliphatic rings. The lowest BCUT2D eigenvalue weighted by Crippen LogP contribution is -3.12. The van der Waals surface area contributed by atoms with Crippen LogP contribution < -0.4 is 9.64 Å². The average molecular weight is 399 g/mol. The highest BCUT2D eigenvalue weighted by atomic mass is 32.1. The molecule has 28 heavy (non-hydrogen) atoms. The van der Waals surface area contributed by atoms with Gasteiger partial charge in [-0.3, -0.25) is 0 Å². The Bertz CT molecular complexity index is 979. The predicted molar refractivity (Wildman–Crippen MR) is 114 cm³/mol. The Kier molecular flexibility index (Phi) is 5.59. The SMILES string of the molecule is C[NH+]1CCN(C(=S)c2cn(CCOc3ccccc3F)c3ccccc23)CC1. The van der Waals surface area contributed by atoms with Gasteiger partial charge in [0.25, 0.3) is 0 Å². The smallest absolute Gasteiger partial charge is 0.165 e. The third kappa shape index (κ3) is 3.88. The molecule has 1 fully saturated rings. The maximum Gasteiger partial charge on any atom is 0.165 e. The van der Waals surface area contributed by atoms with E-state index in [1.807, 2.05) is 12.1 Å². The number of fused-ring (bicyclic) bond motifs is 1. The molecule has 0 spiro atoms. The van der Waals surface area contributed by atoms with Crippen LogP contribution in [0.5, 0.6) is 5.75 Å². The topological polar surface area (TPSA) is 21.8 Å². The number of rotatable bonds is 5. The Morgan fingerprint density at radius 3 is 2.61 bits per heavy atom. The molecule has 0 aliphatic carbocycles. The van der Waals surface area contributed by atoms with Gasteiger partial charge in [-0.25, -0.2) is 4.39 Å². The van der Waals surface area contributed by atoms with E-state index in [-0.39, 0.29) is 11.6 Å². The minimum absolute atomic E-state index is 0.287. The quantitative estimate of drug-likeness (QED) is 0.667. The number of thiocarbonyl (C=S) groups is 1. The van der Waals surface area contributed by atoms with Crippen LogP contribution in [-0.4, -0.2) is 54.3 Å². The Hall–Kier alpha value is -2.44. The van der Waals surface area contributed by atoms with Crippen LogP contribution in [0.3, 0.4) is 0 Å². The molecule has 4 nitrogen and oxygen atoms in total. The molecule has 3 aromatic rings. The van der Waals surface area contributed by atoms with E-state index in [2.05, 4.69) is 34.8 Å². The number of hydrogen-bond acceptors (Lipinski definition) is 2. The number of nitrogens with one attached hydrogen (secondary N) is 1. The van der Waals surface area contributed by atoms with Crippen LogP contribution in [0.1, 0.15) is 5.56 Å². The summed E-state index contributed by atoms with van der Waals surface area (Å²) in [6, 6.07) is 14.8. The summed E-state index contributed by atoms with van der Waals surface area (Å²) in [6.45, 7) is 5.21. The van der Waals surface area contributed by atoms with E-state index in [0.717, 1.165) is 47.6 Å². The van der Waals surface area contributed by atoms with Crippen molar-refractivity contribution in [1.29, 1.82) is 0 Å². The molecule has 0 saturated carbocycles. The Balaban J connectivity index is 1.53. The summed E-state index contributed by atoms with van der Waals surface area (Å²) in [5.41, 5.74) is 2.22. The van der Waals surface area contributed by atoms with Gasteiger partial charge in [0, 0.05) is 22.7 Å². The van der Waals surface area contributed by atoms with Gasteiger partial charge in [-0.1, -0.05) is 42.5 Å². The molecule has 0 atom stereocenters. The number of hydrogen-bond donors (Lipinski definition) is 1. The summed E-state index contributed by atoms with van der Waals surface area (Å²) in [5, 5.41) is 1.16. The van der Waals surface area contributed by atoms with Crippen molar-refractivity contribution >= 4 is 28.1 Å². The van der Waals surface area contributed by atoms with E-state index in [9.17, 15) is 4.39 Å². The van der Waals surface area contributed by atoms with Crippen molar-refractivity contribution < 1.29 is 14.0 Å². The van der Waals surface area contributed by atoms with Gasteiger partial charge >= 0.3 is 0 Å². The van der Waals surface area contributed by atoms with E-state index in [1.165, 1.54) is 6.07 Å². The lowest BCUT2D eigenvalue weighted by atomic mass is 10.1. The van der Waals surface area contributed by atoms with E-state index < -0.39 is 0 Å². The van der Waals surface area contributed by atoms with Crippen LogP contribution in [0, 0.1) is 5.82 Å². The molecule has 0 amide bonds. The summed E-state index contributed by atoms with van der Waals surface area (Å²) in [5.74, 6) is -0.0476. The molecule has 0 bridgehead atoms. The third-order valence-corrected chi connectivity index (χ3v) is 5.83. The molecule has 2 aromatic carbocycles. The highest BCUT2D eigenvalue weighted by Gasteiger charge is 2.22. The normalized spacial score (nSPS) is 15.1. The molecule has 6 heteroatoms. The van der Waals surface area contributed by atoms with Gasteiger partial charge in [-0.05, 0) is 18.2 Å². The third-order valence-electron chi connectivity index (χ3n) is 5.35. The molecular formula is C22H25FN3OS+. The second kappa shape index (κ2) is 8.29. The molecule has 0 radical (unpaired) electrons. The van der Waals surface area contributed by atoms with Gasteiger partial charge in [-0.15, -0.1) is 0 Å². The van der Waals surface area contributed by atoms with Gasteiger partial charge in [0.15, 0.2) is 11.6 Å². The molecule has 2 heterocycles. The number of benzene rings is 2. The van der Waals surface area contributed by atoms with Crippen LogP contribution in [-0.2, 0) is 6.54 Å². The second-order valence-electron chi connectivity index (χ2n) is 7.28. The standard InChI is InChI=1S/C22H24FN3OS/c1-24-10-12-25(13-11-24)22(28)18-16-26(20-8-4-2-6-17(18)20)14-15-27-21-9-5-3-7-19(21)23/h2-9,16H,10-15H2,1H3/p+1. The van der Waals surface area contributed by atoms with E-state index in [0.29, 0.717) is 13.2 Å². The van der Waals surface area contributed by atoms with Gasteiger partial charge < -0.3 is 19.1 Å². The first-order valence-electron chi connectivity index (χ1n) is 9.69. The Labute approximate surface area is 170 Å². The van der Waals surface area contributed by atoms with Crippen molar-refractivity contribution in [2.24, 2.45) is 0 Å². The number of nitrogens with zero attached hydrogens (tertiary/aromatic N) is 2. The summed E-state index contributed by atoms with van der Waals surface area (Å²) >= 11 is 5.85. The highest BCUT2D eigenvalue weighted by molar-refractivity contribution is 7.80. The first-order valence-corrected chi connectivity index (χ1v) is 10.1. The Morgan fingerprint density at radius 1 is 1.11 bits per heavy atom. The number of piperazine rings is 1. The first-order chi connectivity index (χ1) is 13.6. The molecule has 1 N–H and O–H groups in total. The van der Waals surface area contributed by atoms with Crippen molar-refractivity contribution in [3.8, 4) is 5.75 Å². The summed E-state index contributed by atoms with van der Waals surface area (Å²) in [6.07, 6.45) is 2.11. The van der Waals surface area contributed by atoms with Gasteiger partial charge in [0.2, 0.25) is 0 Å². The zero-order valence-electron chi connectivity index (χ0n) is 16.0. The molecule has 1 aromatic heterocycles. The van der Waals surface area contributed by atoms with Crippen molar-refractivity contribution in [1.82, 2.24) is 9.47 Å². The molecule has 4 rings (SSSR count). The second-order valence-corrected chi connectivity index (χ2v) is 7.67. The number of quaternary nitrogens is 1. The fourth-order valence-electron chi connectivity index (χ4n) is 3.68. The van der Waals surface area contributed by atoms with Crippen molar-refractivity contribution in [3.63, 3.8) is 0 Å². The summed E-state index contributed by atoms with van der Waals surface area (Å²) in [4.78, 5) is 4.77. The first kappa shape index (κ1) is 18.9. The largest absolute Gasteiger partial charge is 0.489 e. The number of ether oxygens (including phenoxy) is 1. The van der Waals surface area contributed by atoms with E-state index >= 15 is 0 Å². The number of aromatic nitrogens is 1. The zero-order valence-corrected chi connectivity index (χ0v) is 16.8. The lowest BCUT2D eigenvalue weighted by Gasteiger charge is -2.31. The summed E-state index contributed by atoms with van der Waals surface area (Å²) < 4.78 is 21.6. The minimum atomic E-state index is -0.334. The van der Waals surface area contributed by atoms with Crippen LogP contribution in [0.2, 0.25) is 0 Å². The number of para-hydroxylation sites is 2. The maximum absolute atomic E-state index is 13.8. The van der Waals surface area contributed by atoms with Crippen molar-refractivity contribution in [2.45, 2.75) is 6.54 Å². The molecule has 146 valence electrons. The summed E-state index contributed by atoms with van der Waals surface area (Å²) in [7, 11) is 2.22. The molecule has 1 saturated heterocycles. The van der Waals surface area contributed by atoms with Crippen LogP contribution in [0.25, 0.3) is 10.9 Å². The number of likely N-dealkylation sites (N-methyl/N-ethyl adjacent to an activating group) is 1. The predicted octanol–water partition coefficient (Wildman–Crippen LogP) is 2.37. The average Bonchev–Trinajstić information content (AvgIpc) is 3.08. The van der Waals surface area contributed by atoms with Crippen molar-refractivity contribution in [3.05, 3.63) is 66.1 Å². The zero-order chi connectivity index (χ0) is 19.5. The molecular weight excluding hydrogens is 373 g/mol. The fraction of sp³-hybridized carbons (Fsp3) is 0.318. The maximum atomic E-state index is 13.8. The van der Waals surface area contributed by atoms with Crippen LogP contribution in [0.15, 0.2) is 54.7 Å². The van der Waals surface area contributed by atoms with Crippen LogP contribution >= 0.6 is 12.2 Å².